The molecule has 0 heterocycles. The second kappa shape index (κ2) is 8.82. The Kier molecular flexibility index (Phi) is 7.41. The fourth-order valence-electron chi connectivity index (χ4n) is 2.36. The van der Waals surface area contributed by atoms with Gasteiger partial charge < -0.3 is 19.5 Å². The molecule has 1 aromatic carbocycles. The molecule has 0 amide bonds. The predicted octanol–water partition coefficient (Wildman–Crippen LogP) is 2.86. The molecule has 0 aliphatic carbocycles. The maximum atomic E-state index is 10.5. The van der Waals surface area contributed by atoms with Gasteiger partial charge in [-0.05, 0) is 38.1 Å². The highest BCUT2D eigenvalue weighted by Crippen LogP contribution is 2.29. The van der Waals surface area contributed by atoms with Crippen molar-refractivity contribution < 1.29 is 14.6 Å². The van der Waals surface area contributed by atoms with E-state index in [1.807, 2.05) is 18.2 Å². The number of rotatable bonds is 9. The third kappa shape index (κ3) is 4.69. The van der Waals surface area contributed by atoms with E-state index in [4.69, 9.17) is 9.47 Å². The van der Waals surface area contributed by atoms with Crippen molar-refractivity contribution in [1.82, 2.24) is 4.90 Å². The summed E-state index contributed by atoms with van der Waals surface area (Å²) in [5.41, 5.74) is 0.811. The minimum Gasteiger partial charge on any atom is -0.497 e. The van der Waals surface area contributed by atoms with Crippen LogP contribution in [-0.4, -0.2) is 43.9 Å². The van der Waals surface area contributed by atoms with E-state index in [1.54, 1.807) is 14.2 Å². The molecule has 4 nitrogen and oxygen atoms in total. The summed E-state index contributed by atoms with van der Waals surface area (Å²) in [5, 5.41) is 10.5. The number of hydrogen-bond donors (Lipinski definition) is 1. The smallest absolute Gasteiger partial charge is 0.128 e. The summed E-state index contributed by atoms with van der Waals surface area (Å²) in [4.78, 5) is 2.29. The summed E-state index contributed by atoms with van der Waals surface area (Å²) in [6.45, 7) is 6.95. The van der Waals surface area contributed by atoms with Crippen molar-refractivity contribution in [2.45, 2.75) is 32.8 Å². The molecule has 0 radical (unpaired) electrons. The molecule has 0 saturated heterocycles. The van der Waals surface area contributed by atoms with Crippen LogP contribution in [0.3, 0.4) is 0 Å². The quantitative estimate of drug-likeness (QED) is 0.756. The van der Waals surface area contributed by atoms with Gasteiger partial charge in [0.1, 0.15) is 11.5 Å². The third-order valence-corrected chi connectivity index (χ3v) is 3.31. The molecular formula is C16H27NO3. The Morgan fingerprint density at radius 3 is 2.25 bits per heavy atom. The third-order valence-electron chi connectivity index (χ3n) is 3.31. The van der Waals surface area contributed by atoms with Crippen molar-refractivity contribution in [2.24, 2.45) is 0 Å². The Balaban J connectivity index is 2.81. The Labute approximate surface area is 122 Å². The van der Waals surface area contributed by atoms with Crippen LogP contribution in [0.15, 0.2) is 18.2 Å². The van der Waals surface area contributed by atoms with Crippen LogP contribution in [-0.2, 0) is 0 Å². The number of ether oxygens (including phenoxy) is 2. The van der Waals surface area contributed by atoms with Crippen molar-refractivity contribution in [1.29, 1.82) is 0 Å². The van der Waals surface area contributed by atoms with Gasteiger partial charge in [-0.25, -0.2) is 0 Å². The molecule has 4 heteroatoms. The summed E-state index contributed by atoms with van der Waals surface area (Å²) in [6, 6.07) is 5.53. The summed E-state index contributed by atoms with van der Waals surface area (Å²) in [5.74, 6) is 1.40. The zero-order chi connectivity index (χ0) is 15.0. The second-order valence-electron chi connectivity index (χ2n) is 4.92. The molecule has 0 spiro atoms. The van der Waals surface area contributed by atoms with Gasteiger partial charge in [0, 0.05) is 18.2 Å². The van der Waals surface area contributed by atoms with Gasteiger partial charge in [0.2, 0.25) is 0 Å². The molecule has 1 atom stereocenters. The first-order chi connectivity index (χ1) is 9.65. The summed E-state index contributed by atoms with van der Waals surface area (Å²) in [6.07, 6.45) is 1.63. The van der Waals surface area contributed by atoms with Gasteiger partial charge in [0.05, 0.1) is 20.3 Å². The first-order valence-electron chi connectivity index (χ1n) is 7.28. The number of methoxy groups -OCH3 is 2. The van der Waals surface area contributed by atoms with Gasteiger partial charge >= 0.3 is 0 Å². The molecule has 0 fully saturated rings. The Hall–Kier alpha value is -1.26. The van der Waals surface area contributed by atoms with Crippen molar-refractivity contribution in [3.05, 3.63) is 23.8 Å². The SMILES string of the molecule is CCCN(CCC)CC(O)c1ccc(OC)cc1OC. The molecule has 114 valence electrons. The second-order valence-corrected chi connectivity index (χ2v) is 4.92. The maximum absolute atomic E-state index is 10.5. The zero-order valence-corrected chi connectivity index (χ0v) is 13.1. The maximum Gasteiger partial charge on any atom is 0.128 e. The van der Waals surface area contributed by atoms with Gasteiger partial charge in [-0.1, -0.05) is 13.8 Å². The normalized spacial score (nSPS) is 12.5. The number of aliphatic hydroxyl groups is 1. The number of benzene rings is 1. The van der Waals surface area contributed by atoms with Crippen molar-refractivity contribution >= 4 is 0 Å². The highest BCUT2D eigenvalue weighted by Gasteiger charge is 2.17. The fourth-order valence-corrected chi connectivity index (χ4v) is 2.36. The molecule has 1 N–H and O–H groups in total. The Morgan fingerprint density at radius 1 is 1.10 bits per heavy atom. The zero-order valence-electron chi connectivity index (χ0n) is 13.1. The van der Waals surface area contributed by atoms with E-state index in [9.17, 15) is 5.11 Å². The van der Waals surface area contributed by atoms with E-state index in [0.29, 0.717) is 12.3 Å². The largest absolute Gasteiger partial charge is 0.497 e. The van der Waals surface area contributed by atoms with Crippen LogP contribution in [0.1, 0.15) is 38.4 Å². The van der Waals surface area contributed by atoms with E-state index >= 15 is 0 Å². The lowest BCUT2D eigenvalue weighted by Crippen LogP contribution is -2.30. The lowest BCUT2D eigenvalue weighted by molar-refractivity contribution is 0.110. The number of aliphatic hydroxyl groups excluding tert-OH is 1. The van der Waals surface area contributed by atoms with E-state index in [1.165, 1.54) is 0 Å². The highest BCUT2D eigenvalue weighted by atomic mass is 16.5. The molecule has 1 rings (SSSR count). The van der Waals surface area contributed by atoms with Crippen LogP contribution in [0.2, 0.25) is 0 Å². The van der Waals surface area contributed by atoms with Crippen molar-refractivity contribution in [2.75, 3.05) is 33.9 Å². The summed E-state index contributed by atoms with van der Waals surface area (Å²) < 4.78 is 10.5. The van der Waals surface area contributed by atoms with Crippen LogP contribution < -0.4 is 9.47 Å². The molecule has 20 heavy (non-hydrogen) atoms. The van der Waals surface area contributed by atoms with E-state index in [0.717, 1.165) is 37.2 Å². The molecular weight excluding hydrogens is 254 g/mol. The van der Waals surface area contributed by atoms with Gasteiger partial charge in [-0.3, -0.25) is 0 Å². The predicted molar refractivity (Wildman–Crippen MR) is 81.5 cm³/mol. The van der Waals surface area contributed by atoms with Gasteiger partial charge in [-0.2, -0.15) is 0 Å². The van der Waals surface area contributed by atoms with Crippen molar-refractivity contribution in [3.8, 4) is 11.5 Å². The van der Waals surface area contributed by atoms with Gasteiger partial charge in [-0.15, -0.1) is 0 Å². The number of hydrogen-bond acceptors (Lipinski definition) is 4. The minimum atomic E-state index is -0.547. The Morgan fingerprint density at radius 2 is 1.75 bits per heavy atom. The topological polar surface area (TPSA) is 41.9 Å². The highest BCUT2D eigenvalue weighted by molar-refractivity contribution is 5.42. The standard InChI is InChI=1S/C16H27NO3/c1-5-9-17(10-6-2)12-15(18)14-8-7-13(19-3)11-16(14)20-4/h7-8,11,15,18H,5-6,9-10,12H2,1-4H3. The first kappa shape index (κ1) is 16.8. The monoisotopic (exact) mass is 281 g/mol. The Bertz CT molecular complexity index is 389. The lowest BCUT2D eigenvalue weighted by Gasteiger charge is -2.25. The van der Waals surface area contributed by atoms with Gasteiger partial charge in [0.25, 0.3) is 0 Å². The van der Waals surface area contributed by atoms with Gasteiger partial charge in [0.15, 0.2) is 0 Å². The van der Waals surface area contributed by atoms with Crippen LogP contribution in [0.4, 0.5) is 0 Å². The lowest BCUT2D eigenvalue weighted by atomic mass is 10.1. The average molecular weight is 281 g/mol. The molecule has 0 bridgehead atoms. The molecule has 1 aromatic rings. The van der Waals surface area contributed by atoms with E-state index in [2.05, 4.69) is 18.7 Å². The van der Waals surface area contributed by atoms with Crippen molar-refractivity contribution in [3.63, 3.8) is 0 Å². The minimum absolute atomic E-state index is 0.547. The van der Waals surface area contributed by atoms with Crippen LogP contribution >= 0.6 is 0 Å². The molecule has 0 aromatic heterocycles. The average Bonchev–Trinajstić information content (AvgIpc) is 2.46. The molecule has 1 unspecified atom stereocenters. The van der Waals surface area contributed by atoms with Crippen LogP contribution in [0, 0.1) is 0 Å². The van der Waals surface area contributed by atoms with Crippen LogP contribution in [0.5, 0.6) is 11.5 Å². The van der Waals surface area contributed by atoms with E-state index < -0.39 is 6.10 Å². The first-order valence-corrected chi connectivity index (χ1v) is 7.28. The fraction of sp³-hybridized carbons (Fsp3) is 0.625. The number of nitrogens with zero attached hydrogens (tertiary/aromatic N) is 1. The van der Waals surface area contributed by atoms with Crippen LogP contribution in [0.25, 0.3) is 0 Å². The molecule has 0 saturated carbocycles. The summed E-state index contributed by atoms with van der Waals surface area (Å²) >= 11 is 0. The van der Waals surface area contributed by atoms with E-state index in [-0.39, 0.29) is 0 Å². The molecule has 0 aliphatic heterocycles. The molecule has 0 aliphatic rings. The summed E-state index contributed by atoms with van der Waals surface area (Å²) in [7, 11) is 3.23.